The van der Waals surface area contributed by atoms with Crippen molar-refractivity contribution >= 4 is 9.84 Å². The van der Waals surface area contributed by atoms with Gasteiger partial charge in [0.2, 0.25) is 0 Å². The molecule has 5 nitrogen and oxygen atoms in total. The van der Waals surface area contributed by atoms with Crippen LogP contribution in [0.2, 0.25) is 0 Å². The molecule has 21 heavy (non-hydrogen) atoms. The lowest BCUT2D eigenvalue weighted by Crippen LogP contribution is -2.33. The van der Waals surface area contributed by atoms with Crippen LogP contribution in [0.5, 0.6) is 0 Å². The first-order valence-corrected chi connectivity index (χ1v) is 8.58. The van der Waals surface area contributed by atoms with E-state index < -0.39 is 26.8 Å². The summed E-state index contributed by atoms with van der Waals surface area (Å²) in [5.74, 6) is -0.255. The van der Waals surface area contributed by atoms with Crippen LogP contribution in [0.1, 0.15) is 26.2 Å². The maximum Gasteiger partial charge on any atom is 0.414 e. The van der Waals surface area contributed by atoms with Crippen LogP contribution in [0.25, 0.3) is 0 Å². The van der Waals surface area contributed by atoms with Gasteiger partial charge in [0.15, 0.2) is 6.10 Å². The largest absolute Gasteiger partial charge is 0.633 e. The Labute approximate surface area is 124 Å². The van der Waals surface area contributed by atoms with E-state index in [0.717, 1.165) is 6.92 Å². The van der Waals surface area contributed by atoms with Crippen molar-refractivity contribution in [2.45, 2.75) is 38.5 Å². The van der Waals surface area contributed by atoms with Crippen LogP contribution in [0, 0.1) is 5.21 Å². The Hall–Kier alpha value is -0.380. The van der Waals surface area contributed by atoms with Gasteiger partial charge in [-0.3, -0.25) is 0 Å². The van der Waals surface area contributed by atoms with E-state index in [0.29, 0.717) is 19.4 Å². The number of quaternary nitrogens is 1. The molecule has 0 spiro atoms. The standard InChI is InChI=1S/C12H24F3NO4S/c1-11(12(13,14)15)20-8-6-10-21(18,19)9-5-4-7-16(2,3)17/h11H,4-10H2,1-3H3. The minimum atomic E-state index is -4.43. The third-order valence-electron chi connectivity index (χ3n) is 2.83. The number of hydrogen-bond acceptors (Lipinski definition) is 4. The summed E-state index contributed by atoms with van der Waals surface area (Å²) in [5.41, 5.74) is 0. The van der Waals surface area contributed by atoms with E-state index in [2.05, 4.69) is 4.74 Å². The fraction of sp³-hybridized carbons (Fsp3) is 1.00. The molecule has 0 aliphatic carbocycles. The Kier molecular flexibility index (Phi) is 8.15. The third kappa shape index (κ3) is 11.9. The Morgan fingerprint density at radius 1 is 1.14 bits per heavy atom. The first-order valence-electron chi connectivity index (χ1n) is 6.76. The van der Waals surface area contributed by atoms with Gasteiger partial charge in [-0.25, -0.2) is 8.42 Å². The zero-order chi connectivity index (χ0) is 16.7. The van der Waals surface area contributed by atoms with E-state index in [4.69, 9.17) is 0 Å². The average molecular weight is 335 g/mol. The van der Waals surface area contributed by atoms with Gasteiger partial charge in [-0.15, -0.1) is 0 Å². The molecule has 0 aliphatic rings. The van der Waals surface area contributed by atoms with Gasteiger partial charge in [-0.2, -0.15) is 13.2 Å². The highest BCUT2D eigenvalue weighted by Gasteiger charge is 2.36. The van der Waals surface area contributed by atoms with Crippen LogP contribution >= 0.6 is 0 Å². The lowest BCUT2D eigenvalue weighted by molar-refractivity contribution is -0.840. The Bertz CT molecular complexity index is 390. The monoisotopic (exact) mass is 335 g/mol. The van der Waals surface area contributed by atoms with Crippen LogP contribution < -0.4 is 0 Å². The molecule has 9 heteroatoms. The second-order valence-electron chi connectivity index (χ2n) is 5.56. The van der Waals surface area contributed by atoms with Crippen molar-refractivity contribution in [3.05, 3.63) is 5.21 Å². The lowest BCUT2D eigenvalue weighted by Gasteiger charge is -2.33. The van der Waals surface area contributed by atoms with Gasteiger partial charge in [-0.1, -0.05) is 0 Å². The third-order valence-corrected chi connectivity index (χ3v) is 4.65. The molecule has 0 saturated heterocycles. The van der Waals surface area contributed by atoms with Crippen molar-refractivity contribution in [1.29, 1.82) is 0 Å². The summed E-state index contributed by atoms with van der Waals surface area (Å²) in [6.45, 7) is 0.976. The van der Waals surface area contributed by atoms with E-state index in [1.54, 1.807) is 0 Å². The first kappa shape index (κ1) is 20.6. The van der Waals surface area contributed by atoms with Crippen molar-refractivity contribution < 1.29 is 31.0 Å². The lowest BCUT2D eigenvalue weighted by atomic mass is 10.3. The van der Waals surface area contributed by atoms with Gasteiger partial charge < -0.3 is 14.6 Å². The molecule has 0 aromatic carbocycles. The van der Waals surface area contributed by atoms with E-state index >= 15 is 0 Å². The van der Waals surface area contributed by atoms with Crippen molar-refractivity contribution in [3.63, 3.8) is 0 Å². The first-order chi connectivity index (χ1) is 9.33. The minimum Gasteiger partial charge on any atom is -0.633 e. The number of alkyl halides is 3. The number of hydrogen-bond donors (Lipinski definition) is 0. The van der Waals surface area contributed by atoms with Crippen LogP contribution in [-0.2, 0) is 14.6 Å². The van der Waals surface area contributed by atoms with Crippen molar-refractivity contribution in [2.24, 2.45) is 0 Å². The summed E-state index contributed by atoms with van der Waals surface area (Å²) in [5, 5.41) is 11.3. The molecule has 128 valence electrons. The maximum absolute atomic E-state index is 12.1. The number of nitrogens with zero attached hydrogens (tertiary/aromatic N) is 1. The van der Waals surface area contributed by atoms with E-state index in [1.165, 1.54) is 14.1 Å². The molecule has 0 fully saturated rings. The van der Waals surface area contributed by atoms with Crippen molar-refractivity contribution in [3.8, 4) is 0 Å². The predicted octanol–water partition coefficient (Wildman–Crippen LogP) is 2.11. The highest BCUT2D eigenvalue weighted by molar-refractivity contribution is 7.91. The van der Waals surface area contributed by atoms with Gasteiger partial charge in [0, 0.05) is 6.61 Å². The topological polar surface area (TPSA) is 66.4 Å². The number of ether oxygens (including phenoxy) is 1. The molecular weight excluding hydrogens is 311 g/mol. The minimum absolute atomic E-state index is 0.0336. The Balaban J connectivity index is 3.84. The molecule has 0 N–H and O–H groups in total. The molecule has 0 amide bonds. The van der Waals surface area contributed by atoms with E-state index in [9.17, 15) is 26.8 Å². The molecule has 0 rings (SSSR count). The molecule has 0 radical (unpaired) electrons. The molecular formula is C12H24F3NO4S. The number of unbranched alkanes of at least 4 members (excludes halogenated alkanes) is 1. The Morgan fingerprint density at radius 2 is 1.67 bits per heavy atom. The van der Waals surface area contributed by atoms with Crippen LogP contribution in [0.3, 0.4) is 0 Å². The summed E-state index contributed by atoms with van der Waals surface area (Å²) >= 11 is 0. The van der Waals surface area contributed by atoms with Gasteiger partial charge >= 0.3 is 6.18 Å². The quantitative estimate of drug-likeness (QED) is 0.348. The molecule has 0 bridgehead atoms. The zero-order valence-corrected chi connectivity index (χ0v) is 13.5. The van der Waals surface area contributed by atoms with Gasteiger partial charge in [0.05, 0.1) is 32.1 Å². The average Bonchev–Trinajstić information content (AvgIpc) is 2.27. The van der Waals surface area contributed by atoms with Crippen LogP contribution in [0.15, 0.2) is 0 Å². The van der Waals surface area contributed by atoms with Gasteiger partial charge in [0.25, 0.3) is 0 Å². The highest BCUT2D eigenvalue weighted by Crippen LogP contribution is 2.22. The van der Waals surface area contributed by atoms with Gasteiger partial charge in [0.1, 0.15) is 9.84 Å². The molecule has 0 heterocycles. The maximum atomic E-state index is 12.1. The molecule has 0 aromatic heterocycles. The summed E-state index contributed by atoms with van der Waals surface area (Å²) in [4.78, 5) is 0. The van der Waals surface area contributed by atoms with Crippen molar-refractivity contribution in [2.75, 3.05) is 38.8 Å². The summed E-state index contributed by atoms with van der Waals surface area (Å²) < 4.78 is 63.8. The number of hydroxylamine groups is 3. The normalized spacial score (nSPS) is 15.2. The van der Waals surface area contributed by atoms with Gasteiger partial charge in [-0.05, 0) is 26.2 Å². The van der Waals surface area contributed by atoms with Crippen LogP contribution in [-0.4, -0.2) is 64.1 Å². The second-order valence-corrected chi connectivity index (χ2v) is 7.87. The van der Waals surface area contributed by atoms with E-state index in [1.807, 2.05) is 0 Å². The summed E-state index contributed by atoms with van der Waals surface area (Å²) in [6.07, 6.45) is -5.41. The molecule has 1 unspecified atom stereocenters. The number of sulfone groups is 1. The predicted molar refractivity (Wildman–Crippen MR) is 74.3 cm³/mol. The zero-order valence-electron chi connectivity index (χ0n) is 12.6. The summed E-state index contributed by atoms with van der Waals surface area (Å²) in [7, 11) is -0.343. The van der Waals surface area contributed by atoms with E-state index in [-0.39, 0.29) is 24.5 Å². The number of halogens is 3. The SMILES string of the molecule is CC(OCCCS(=O)(=O)CCCC[N+](C)(C)[O-])C(F)(F)F. The fourth-order valence-electron chi connectivity index (χ4n) is 1.55. The summed E-state index contributed by atoms with van der Waals surface area (Å²) in [6, 6.07) is 0. The molecule has 1 atom stereocenters. The number of rotatable bonds is 10. The molecule has 0 aliphatic heterocycles. The molecule has 0 aromatic rings. The second kappa shape index (κ2) is 8.30. The van der Waals surface area contributed by atoms with Crippen LogP contribution in [0.4, 0.5) is 13.2 Å². The fourth-order valence-corrected chi connectivity index (χ4v) is 2.96. The Morgan fingerprint density at radius 3 is 2.14 bits per heavy atom. The highest BCUT2D eigenvalue weighted by atomic mass is 32.2. The smallest absolute Gasteiger partial charge is 0.414 e. The van der Waals surface area contributed by atoms with Crippen molar-refractivity contribution in [1.82, 2.24) is 0 Å². The molecule has 0 saturated carbocycles.